The molecule has 2 aliphatic rings. The van der Waals surface area contributed by atoms with Crippen LogP contribution in [0.1, 0.15) is 31.2 Å². The van der Waals surface area contributed by atoms with E-state index in [0.717, 1.165) is 57.6 Å². The standard InChI is InChI=1S/C20H25NO3.ClH/c22-19(24-15-7-6-12-21-13-16-23-17-14-21)20(10-4-5-11-20)18-8-2-1-3-9-18;/h1-3,8-9H,4-5,10-17H2;1H. The van der Waals surface area contributed by atoms with E-state index in [1.807, 2.05) is 30.3 Å². The highest BCUT2D eigenvalue weighted by atomic mass is 35.5. The second-order valence-electron chi connectivity index (χ2n) is 6.47. The average Bonchev–Trinajstić information content (AvgIpc) is 3.14. The van der Waals surface area contributed by atoms with Gasteiger partial charge in [0.15, 0.2) is 6.61 Å². The number of carbonyl (C=O) groups excluding carboxylic acids is 1. The van der Waals surface area contributed by atoms with Gasteiger partial charge in [0.1, 0.15) is 0 Å². The van der Waals surface area contributed by atoms with Crippen LogP contribution in [0.15, 0.2) is 30.3 Å². The third-order valence-corrected chi connectivity index (χ3v) is 4.98. The Morgan fingerprint density at radius 1 is 1.12 bits per heavy atom. The summed E-state index contributed by atoms with van der Waals surface area (Å²) in [4.78, 5) is 15.0. The molecule has 1 aliphatic carbocycles. The Bertz CT molecular complexity index is 596. The van der Waals surface area contributed by atoms with Crippen molar-refractivity contribution in [2.75, 3.05) is 39.5 Å². The first-order valence-corrected chi connectivity index (χ1v) is 8.80. The van der Waals surface area contributed by atoms with Crippen molar-refractivity contribution >= 4 is 18.4 Å². The first-order valence-electron chi connectivity index (χ1n) is 8.80. The highest BCUT2D eigenvalue weighted by Gasteiger charge is 2.43. The van der Waals surface area contributed by atoms with Crippen LogP contribution in [0.5, 0.6) is 0 Å². The topological polar surface area (TPSA) is 38.8 Å². The molecule has 0 aromatic heterocycles. The largest absolute Gasteiger partial charge is 0.452 e. The van der Waals surface area contributed by atoms with Gasteiger partial charge >= 0.3 is 5.97 Å². The van der Waals surface area contributed by atoms with E-state index in [0.29, 0.717) is 6.54 Å². The lowest BCUT2D eigenvalue weighted by Gasteiger charge is -2.26. The summed E-state index contributed by atoms with van der Waals surface area (Å²) < 4.78 is 10.8. The lowest BCUT2D eigenvalue weighted by Crippen LogP contribution is -2.36. The molecule has 2 fully saturated rings. The molecule has 0 N–H and O–H groups in total. The summed E-state index contributed by atoms with van der Waals surface area (Å²) in [5.41, 5.74) is 0.612. The van der Waals surface area contributed by atoms with Gasteiger partial charge in [-0.3, -0.25) is 9.69 Å². The molecule has 1 aromatic rings. The van der Waals surface area contributed by atoms with Gasteiger partial charge in [0.25, 0.3) is 0 Å². The zero-order chi connectivity index (χ0) is 16.7. The van der Waals surface area contributed by atoms with Gasteiger partial charge in [-0.05, 0) is 18.4 Å². The molecule has 1 aliphatic heterocycles. The summed E-state index contributed by atoms with van der Waals surface area (Å²) in [6.07, 6.45) is 3.90. The molecule has 5 heteroatoms. The molecule has 0 atom stereocenters. The van der Waals surface area contributed by atoms with Crippen LogP contribution in [0.25, 0.3) is 0 Å². The van der Waals surface area contributed by atoms with E-state index < -0.39 is 5.41 Å². The third-order valence-electron chi connectivity index (χ3n) is 4.98. The number of carbonyl (C=O) groups is 1. The summed E-state index contributed by atoms with van der Waals surface area (Å²) in [6.45, 7) is 4.28. The van der Waals surface area contributed by atoms with Gasteiger partial charge in [-0.1, -0.05) is 55.0 Å². The second-order valence-corrected chi connectivity index (χ2v) is 6.47. The van der Waals surface area contributed by atoms with Crippen molar-refractivity contribution in [3.63, 3.8) is 0 Å². The van der Waals surface area contributed by atoms with Crippen LogP contribution < -0.4 is 0 Å². The predicted octanol–water partition coefficient (Wildman–Crippen LogP) is 2.80. The number of halogens is 1. The Morgan fingerprint density at radius 3 is 2.48 bits per heavy atom. The molecule has 1 saturated carbocycles. The first kappa shape index (κ1) is 19.8. The van der Waals surface area contributed by atoms with Gasteiger partial charge in [0, 0.05) is 13.1 Å². The average molecular weight is 364 g/mol. The Labute approximate surface area is 156 Å². The Hall–Kier alpha value is -1.54. The maximum absolute atomic E-state index is 12.7. The lowest BCUT2D eigenvalue weighted by molar-refractivity contribution is -0.149. The molecule has 136 valence electrons. The molecule has 4 nitrogen and oxygen atoms in total. The second kappa shape index (κ2) is 9.82. The number of hydrogen-bond acceptors (Lipinski definition) is 4. The number of morpholine rings is 1. The van der Waals surface area contributed by atoms with Crippen molar-refractivity contribution in [3.8, 4) is 11.8 Å². The Kier molecular flexibility index (Phi) is 7.77. The molecule has 1 heterocycles. The minimum Gasteiger partial charge on any atom is -0.452 e. The lowest BCUT2D eigenvalue weighted by atomic mass is 9.79. The van der Waals surface area contributed by atoms with Crippen molar-refractivity contribution < 1.29 is 14.3 Å². The van der Waals surface area contributed by atoms with Crippen molar-refractivity contribution in [3.05, 3.63) is 35.9 Å². The molecule has 0 spiro atoms. The summed E-state index contributed by atoms with van der Waals surface area (Å²) in [6, 6.07) is 10.0. The van der Waals surface area contributed by atoms with E-state index >= 15 is 0 Å². The summed E-state index contributed by atoms with van der Waals surface area (Å²) >= 11 is 0. The fourth-order valence-corrected chi connectivity index (χ4v) is 3.56. The minimum atomic E-state index is -0.465. The minimum absolute atomic E-state index is 0. The van der Waals surface area contributed by atoms with Crippen LogP contribution in [0.2, 0.25) is 0 Å². The predicted molar refractivity (Wildman–Crippen MR) is 99.8 cm³/mol. The molecule has 0 bridgehead atoms. The SMILES string of the molecule is Cl.O=C(OCC#CCN1CCOCC1)C1(c2ccccc2)CCCC1. The fourth-order valence-electron chi connectivity index (χ4n) is 3.56. The number of esters is 1. The molecule has 1 saturated heterocycles. The highest BCUT2D eigenvalue weighted by Crippen LogP contribution is 2.42. The number of benzene rings is 1. The molecule has 1 aromatic carbocycles. The normalized spacial score (nSPS) is 19.4. The van der Waals surface area contributed by atoms with Gasteiger partial charge in [0.05, 0.1) is 25.2 Å². The number of ether oxygens (including phenoxy) is 2. The van der Waals surface area contributed by atoms with Crippen LogP contribution in [-0.2, 0) is 19.7 Å². The molecule has 3 rings (SSSR count). The number of nitrogens with zero attached hydrogens (tertiary/aromatic N) is 1. The van der Waals surface area contributed by atoms with Crippen LogP contribution in [-0.4, -0.2) is 50.3 Å². The highest BCUT2D eigenvalue weighted by molar-refractivity contribution is 5.85. The molecule has 0 unspecified atom stereocenters. The fraction of sp³-hybridized carbons (Fsp3) is 0.550. The van der Waals surface area contributed by atoms with E-state index in [1.165, 1.54) is 0 Å². The molecular weight excluding hydrogens is 338 g/mol. The Balaban J connectivity index is 0.00000225. The van der Waals surface area contributed by atoms with E-state index in [1.54, 1.807) is 0 Å². The van der Waals surface area contributed by atoms with Gasteiger partial charge in [-0.2, -0.15) is 0 Å². The zero-order valence-electron chi connectivity index (χ0n) is 14.5. The van der Waals surface area contributed by atoms with E-state index in [9.17, 15) is 4.79 Å². The van der Waals surface area contributed by atoms with E-state index in [2.05, 4.69) is 16.7 Å². The Morgan fingerprint density at radius 2 is 1.80 bits per heavy atom. The van der Waals surface area contributed by atoms with Gasteiger partial charge in [-0.25, -0.2) is 0 Å². The quantitative estimate of drug-likeness (QED) is 0.609. The van der Waals surface area contributed by atoms with Gasteiger partial charge in [-0.15, -0.1) is 12.4 Å². The third kappa shape index (κ3) is 4.98. The monoisotopic (exact) mass is 363 g/mol. The summed E-state index contributed by atoms with van der Waals surface area (Å²) in [5.74, 6) is 5.96. The smallest absolute Gasteiger partial charge is 0.317 e. The molecule has 0 amide bonds. The molecule has 0 radical (unpaired) electrons. The van der Waals surface area contributed by atoms with Crippen LogP contribution in [0.4, 0.5) is 0 Å². The van der Waals surface area contributed by atoms with Crippen molar-refractivity contribution in [2.45, 2.75) is 31.1 Å². The number of hydrogen-bond donors (Lipinski definition) is 0. The zero-order valence-corrected chi connectivity index (χ0v) is 15.4. The van der Waals surface area contributed by atoms with E-state index in [-0.39, 0.29) is 25.0 Å². The van der Waals surface area contributed by atoms with Crippen LogP contribution in [0, 0.1) is 11.8 Å². The van der Waals surface area contributed by atoms with Gasteiger partial charge < -0.3 is 9.47 Å². The molecular formula is C20H26ClNO3. The van der Waals surface area contributed by atoms with Gasteiger partial charge in [0.2, 0.25) is 0 Å². The maximum atomic E-state index is 12.7. The van der Waals surface area contributed by atoms with Crippen molar-refractivity contribution in [1.82, 2.24) is 4.90 Å². The first-order chi connectivity index (χ1) is 11.8. The van der Waals surface area contributed by atoms with Crippen molar-refractivity contribution in [2.24, 2.45) is 0 Å². The molecule has 25 heavy (non-hydrogen) atoms. The van der Waals surface area contributed by atoms with E-state index in [4.69, 9.17) is 9.47 Å². The van der Waals surface area contributed by atoms with Crippen LogP contribution in [0.3, 0.4) is 0 Å². The van der Waals surface area contributed by atoms with Crippen molar-refractivity contribution in [1.29, 1.82) is 0 Å². The summed E-state index contributed by atoms with van der Waals surface area (Å²) in [7, 11) is 0. The number of rotatable bonds is 4. The van der Waals surface area contributed by atoms with Crippen LogP contribution >= 0.6 is 12.4 Å². The maximum Gasteiger partial charge on any atom is 0.317 e. The summed E-state index contributed by atoms with van der Waals surface area (Å²) in [5, 5.41) is 0.